The van der Waals surface area contributed by atoms with Gasteiger partial charge in [-0.15, -0.1) is 0 Å². The summed E-state index contributed by atoms with van der Waals surface area (Å²) in [5, 5.41) is 0. The van der Waals surface area contributed by atoms with Crippen LogP contribution in [-0.2, 0) is 4.79 Å². The molecule has 2 aromatic heterocycles. The van der Waals surface area contributed by atoms with Gasteiger partial charge in [0.1, 0.15) is 0 Å². The number of nitrogens with zero attached hydrogens (tertiary/aromatic N) is 5. The van der Waals surface area contributed by atoms with Gasteiger partial charge in [0.05, 0.1) is 23.1 Å². The zero-order valence-corrected chi connectivity index (χ0v) is 13.2. The zero-order valence-electron chi connectivity index (χ0n) is 13.2. The first-order valence-corrected chi connectivity index (χ1v) is 7.52. The third-order valence-corrected chi connectivity index (χ3v) is 4.07. The molecule has 0 aliphatic carbocycles. The molecule has 3 heterocycles. The van der Waals surface area contributed by atoms with Gasteiger partial charge in [-0.3, -0.25) is 4.79 Å². The first-order chi connectivity index (χ1) is 11.8. The van der Waals surface area contributed by atoms with Crippen LogP contribution in [0, 0.1) is 5.92 Å². The van der Waals surface area contributed by atoms with Crippen LogP contribution in [-0.4, -0.2) is 45.1 Å². The number of alkyl halides is 3. The maximum absolute atomic E-state index is 12.5. The molecular formula is C15H15F3N6O. The lowest BCUT2D eigenvalue weighted by molar-refractivity contribution is -0.180. The normalized spacial score (nSPS) is 16.4. The number of nitrogens with two attached hydrogens (primary N) is 1. The minimum absolute atomic E-state index is 0.148. The summed E-state index contributed by atoms with van der Waals surface area (Å²) >= 11 is 0. The van der Waals surface area contributed by atoms with Gasteiger partial charge in [-0.2, -0.15) is 13.2 Å². The smallest absolute Gasteiger partial charge is 0.369 e. The van der Waals surface area contributed by atoms with Gasteiger partial charge in [0.2, 0.25) is 11.9 Å². The summed E-state index contributed by atoms with van der Waals surface area (Å²) in [5.41, 5.74) is 6.23. The average molecular weight is 352 g/mol. The zero-order chi connectivity index (χ0) is 18.2. The van der Waals surface area contributed by atoms with Crippen LogP contribution in [0.3, 0.4) is 0 Å². The summed E-state index contributed by atoms with van der Waals surface area (Å²) in [7, 11) is 0. The fourth-order valence-electron chi connectivity index (χ4n) is 2.35. The summed E-state index contributed by atoms with van der Waals surface area (Å²) in [6.07, 6.45) is 0.185. The summed E-state index contributed by atoms with van der Waals surface area (Å²) in [6.45, 7) is 1.34. The summed E-state index contributed by atoms with van der Waals surface area (Å²) in [5.74, 6) is -1.87. The Bertz CT molecular complexity index is 774. The fourth-order valence-corrected chi connectivity index (χ4v) is 2.35. The van der Waals surface area contributed by atoms with Crippen molar-refractivity contribution >= 4 is 11.9 Å². The lowest BCUT2D eigenvalue weighted by atomic mass is 10.0. The van der Waals surface area contributed by atoms with Crippen molar-refractivity contribution in [1.82, 2.24) is 19.9 Å². The fraction of sp³-hybridized carbons (Fsp3) is 0.400. The second-order valence-electron chi connectivity index (χ2n) is 5.84. The second kappa shape index (κ2) is 6.26. The number of carbonyl (C=O) groups excluding carboxylic acids is 1. The number of carbonyl (C=O) groups is 1. The monoisotopic (exact) mass is 352 g/mol. The third kappa shape index (κ3) is 3.52. The van der Waals surface area contributed by atoms with E-state index in [-0.39, 0.29) is 19.0 Å². The Morgan fingerprint density at radius 2 is 1.92 bits per heavy atom. The topological polar surface area (TPSA) is 97.9 Å². The molecule has 1 aliphatic rings. The van der Waals surface area contributed by atoms with E-state index in [4.69, 9.17) is 5.73 Å². The van der Waals surface area contributed by atoms with Crippen LogP contribution in [0.15, 0.2) is 24.7 Å². The van der Waals surface area contributed by atoms with Gasteiger partial charge >= 0.3 is 6.18 Å². The first kappa shape index (κ1) is 17.1. The quantitative estimate of drug-likeness (QED) is 0.896. The number of amides is 1. The molecule has 1 fully saturated rings. The van der Waals surface area contributed by atoms with E-state index in [1.807, 2.05) is 0 Å². The van der Waals surface area contributed by atoms with Crippen LogP contribution in [0.5, 0.6) is 0 Å². The number of rotatable bonds is 4. The van der Waals surface area contributed by atoms with E-state index >= 15 is 0 Å². The second-order valence-corrected chi connectivity index (χ2v) is 5.84. The highest BCUT2D eigenvalue weighted by molar-refractivity contribution is 5.81. The summed E-state index contributed by atoms with van der Waals surface area (Å²) in [4.78, 5) is 29.2. The molecule has 1 amide bonds. The van der Waals surface area contributed by atoms with Crippen molar-refractivity contribution in [1.29, 1.82) is 0 Å². The van der Waals surface area contributed by atoms with Crippen molar-refractivity contribution in [3.63, 3.8) is 0 Å². The lowest BCUT2D eigenvalue weighted by Crippen LogP contribution is -2.54. The molecule has 0 saturated carbocycles. The Balaban J connectivity index is 1.73. The molecule has 7 nitrogen and oxygen atoms in total. The summed E-state index contributed by atoms with van der Waals surface area (Å²) in [6, 6.07) is 1.59. The Labute approximate surface area is 141 Å². The molecule has 3 rings (SSSR count). The summed E-state index contributed by atoms with van der Waals surface area (Å²) < 4.78 is 37.6. The molecule has 0 radical (unpaired) electrons. The average Bonchev–Trinajstić information content (AvgIpc) is 2.52. The molecule has 132 valence electrons. The van der Waals surface area contributed by atoms with Gasteiger partial charge in [0.25, 0.3) is 0 Å². The largest absolute Gasteiger partial charge is 0.395 e. The van der Waals surface area contributed by atoms with E-state index in [1.165, 1.54) is 23.5 Å². The van der Waals surface area contributed by atoms with Crippen LogP contribution in [0.2, 0.25) is 0 Å². The van der Waals surface area contributed by atoms with Gasteiger partial charge in [-0.05, 0) is 13.0 Å². The van der Waals surface area contributed by atoms with E-state index in [2.05, 4.69) is 19.9 Å². The molecule has 10 heteroatoms. The number of hydrogen-bond donors (Lipinski definition) is 1. The maximum atomic E-state index is 12.5. The minimum atomic E-state index is -4.19. The van der Waals surface area contributed by atoms with Crippen LogP contribution in [0.1, 0.15) is 18.5 Å². The molecule has 1 saturated heterocycles. The molecule has 0 bridgehead atoms. The van der Waals surface area contributed by atoms with Gasteiger partial charge < -0.3 is 10.6 Å². The van der Waals surface area contributed by atoms with Crippen molar-refractivity contribution in [3.05, 3.63) is 30.4 Å². The van der Waals surface area contributed by atoms with Gasteiger partial charge in [-0.25, -0.2) is 19.9 Å². The maximum Gasteiger partial charge on any atom is 0.395 e. The number of primary amides is 1. The molecular weight excluding hydrogens is 337 g/mol. The van der Waals surface area contributed by atoms with Crippen molar-refractivity contribution in [3.8, 4) is 11.4 Å². The number of hydrogen-bond acceptors (Lipinski definition) is 6. The predicted octanol–water partition coefficient (Wildman–Crippen LogP) is 1.52. The Kier molecular flexibility index (Phi) is 4.27. The van der Waals surface area contributed by atoms with E-state index in [0.717, 1.165) is 0 Å². The SMILES string of the molecule is CC(C(N)=O)c1ccnc(-c2cnc(N3CC(C(F)(F)F)C3)nc2)n1. The molecule has 1 aliphatic heterocycles. The van der Waals surface area contributed by atoms with Crippen molar-refractivity contribution < 1.29 is 18.0 Å². The standard InChI is InChI=1S/C15H15F3N6O/c1-8(12(19)25)11-2-3-20-13(23-11)9-4-21-14(22-5-9)24-6-10(7-24)15(16,17)18/h2-5,8,10H,6-7H2,1H3,(H2,19,25). The van der Waals surface area contributed by atoms with Crippen molar-refractivity contribution in [2.24, 2.45) is 11.7 Å². The van der Waals surface area contributed by atoms with Gasteiger partial charge in [0, 0.05) is 31.7 Å². The number of aromatic nitrogens is 4. The number of halogens is 3. The molecule has 0 aromatic carbocycles. The Morgan fingerprint density at radius 1 is 1.28 bits per heavy atom. The molecule has 2 aromatic rings. The Hall–Kier alpha value is -2.78. The van der Waals surface area contributed by atoms with Crippen molar-refractivity contribution in [2.75, 3.05) is 18.0 Å². The van der Waals surface area contributed by atoms with Gasteiger partial charge in [0.15, 0.2) is 5.82 Å². The molecule has 1 unspecified atom stereocenters. The Morgan fingerprint density at radius 3 is 2.48 bits per heavy atom. The molecule has 0 spiro atoms. The molecule has 1 atom stereocenters. The molecule has 25 heavy (non-hydrogen) atoms. The van der Waals surface area contributed by atoms with Crippen molar-refractivity contribution in [2.45, 2.75) is 19.0 Å². The van der Waals surface area contributed by atoms with E-state index in [1.54, 1.807) is 13.0 Å². The van der Waals surface area contributed by atoms with Crippen LogP contribution >= 0.6 is 0 Å². The number of anilines is 1. The first-order valence-electron chi connectivity index (χ1n) is 7.52. The van der Waals surface area contributed by atoms with E-state index in [9.17, 15) is 18.0 Å². The highest BCUT2D eigenvalue weighted by Gasteiger charge is 2.47. The van der Waals surface area contributed by atoms with E-state index in [0.29, 0.717) is 17.1 Å². The van der Waals surface area contributed by atoms with Crippen LogP contribution in [0.25, 0.3) is 11.4 Å². The molecule has 2 N–H and O–H groups in total. The highest BCUT2D eigenvalue weighted by Crippen LogP contribution is 2.34. The lowest BCUT2D eigenvalue weighted by Gasteiger charge is -2.39. The van der Waals surface area contributed by atoms with Crippen LogP contribution in [0.4, 0.5) is 19.1 Å². The van der Waals surface area contributed by atoms with Gasteiger partial charge in [-0.1, -0.05) is 0 Å². The third-order valence-electron chi connectivity index (χ3n) is 4.07. The minimum Gasteiger partial charge on any atom is -0.369 e. The van der Waals surface area contributed by atoms with Crippen LogP contribution < -0.4 is 10.6 Å². The van der Waals surface area contributed by atoms with E-state index < -0.39 is 23.9 Å². The predicted molar refractivity (Wildman–Crippen MR) is 82.4 cm³/mol. The highest BCUT2D eigenvalue weighted by atomic mass is 19.4.